The van der Waals surface area contributed by atoms with Gasteiger partial charge in [-0.15, -0.1) is 11.8 Å². The molecule has 32 heavy (non-hydrogen) atoms. The zero-order valence-electron chi connectivity index (χ0n) is 17.3. The molecule has 5 rings (SSSR count). The van der Waals surface area contributed by atoms with E-state index >= 15 is 0 Å². The Balaban J connectivity index is 1.63. The average Bonchev–Trinajstić information content (AvgIpc) is 3.32. The van der Waals surface area contributed by atoms with Crippen LogP contribution >= 0.6 is 23.4 Å². The van der Waals surface area contributed by atoms with Crippen LogP contribution in [-0.4, -0.2) is 29.0 Å². The number of thioether (sulfide) groups is 1. The summed E-state index contributed by atoms with van der Waals surface area (Å²) < 4.78 is 14.4. The standard InChI is InChI=1S/C25H20ClFN2O2S/c1-16-6-2-4-8-19(16)23(30)29-12-13-32-25(29)20-14-18(27)10-11-22(20)28(24(25)31)15-17-7-3-5-9-21(17)26/h2-11,14H,12-13,15H2,1H3/t25-/m1/s1. The molecule has 2 aliphatic rings. The highest BCUT2D eigenvalue weighted by Crippen LogP contribution is 2.55. The van der Waals surface area contributed by atoms with Crippen molar-refractivity contribution in [3.05, 3.63) is 99.8 Å². The fraction of sp³-hybridized carbons (Fsp3) is 0.200. The van der Waals surface area contributed by atoms with Gasteiger partial charge in [-0.1, -0.05) is 48.0 Å². The summed E-state index contributed by atoms with van der Waals surface area (Å²) in [6, 6.07) is 19.0. The zero-order valence-corrected chi connectivity index (χ0v) is 18.9. The Hall–Kier alpha value is -2.83. The van der Waals surface area contributed by atoms with Gasteiger partial charge in [0, 0.05) is 28.4 Å². The number of fused-ring (bicyclic) bond motifs is 2. The maximum absolute atomic E-state index is 14.4. The molecule has 0 bridgehead atoms. The van der Waals surface area contributed by atoms with E-state index < -0.39 is 10.7 Å². The van der Waals surface area contributed by atoms with E-state index in [1.807, 2.05) is 43.3 Å². The second kappa shape index (κ2) is 7.94. The largest absolute Gasteiger partial charge is 0.311 e. The fourth-order valence-electron chi connectivity index (χ4n) is 4.50. The van der Waals surface area contributed by atoms with Crippen LogP contribution in [0.5, 0.6) is 0 Å². The van der Waals surface area contributed by atoms with Crippen LogP contribution in [0.15, 0.2) is 66.7 Å². The molecular formula is C25H20ClFN2O2S. The Labute approximate surface area is 195 Å². The van der Waals surface area contributed by atoms with Gasteiger partial charge in [-0.25, -0.2) is 4.39 Å². The predicted octanol–water partition coefficient (Wildman–Crippen LogP) is 5.38. The van der Waals surface area contributed by atoms with Gasteiger partial charge in [0.2, 0.25) is 0 Å². The topological polar surface area (TPSA) is 40.6 Å². The van der Waals surface area contributed by atoms with E-state index in [9.17, 15) is 14.0 Å². The lowest BCUT2D eigenvalue weighted by molar-refractivity contribution is -0.123. The minimum Gasteiger partial charge on any atom is -0.311 e. The van der Waals surface area contributed by atoms with E-state index in [1.165, 1.54) is 23.9 Å². The van der Waals surface area contributed by atoms with Crippen molar-refractivity contribution in [3.63, 3.8) is 0 Å². The van der Waals surface area contributed by atoms with Crippen molar-refractivity contribution in [1.82, 2.24) is 4.90 Å². The summed E-state index contributed by atoms with van der Waals surface area (Å²) in [6.07, 6.45) is 0. The van der Waals surface area contributed by atoms with Gasteiger partial charge in [0.05, 0.1) is 12.2 Å². The van der Waals surface area contributed by atoms with E-state index in [0.29, 0.717) is 34.1 Å². The number of anilines is 1. The smallest absolute Gasteiger partial charge is 0.268 e. The van der Waals surface area contributed by atoms with Crippen molar-refractivity contribution in [2.24, 2.45) is 0 Å². The molecule has 7 heteroatoms. The van der Waals surface area contributed by atoms with Crippen molar-refractivity contribution in [2.45, 2.75) is 18.3 Å². The molecule has 0 aromatic heterocycles. The highest BCUT2D eigenvalue weighted by molar-refractivity contribution is 8.01. The summed E-state index contributed by atoms with van der Waals surface area (Å²) in [5.41, 5.74) is 3.29. The summed E-state index contributed by atoms with van der Waals surface area (Å²) in [6.45, 7) is 2.52. The third-order valence-corrected chi connectivity index (χ3v) is 7.85. The van der Waals surface area contributed by atoms with Gasteiger partial charge in [0.25, 0.3) is 11.8 Å². The van der Waals surface area contributed by atoms with E-state index in [0.717, 1.165) is 11.1 Å². The lowest BCUT2D eigenvalue weighted by Gasteiger charge is -2.33. The zero-order chi connectivity index (χ0) is 22.5. The van der Waals surface area contributed by atoms with Crippen LogP contribution < -0.4 is 4.90 Å². The third-order valence-electron chi connectivity index (χ3n) is 6.06. The number of rotatable bonds is 3. The van der Waals surface area contributed by atoms with Gasteiger partial charge in [0.15, 0.2) is 4.87 Å². The first-order valence-corrected chi connectivity index (χ1v) is 11.7. The predicted molar refractivity (Wildman–Crippen MR) is 125 cm³/mol. The van der Waals surface area contributed by atoms with Crippen LogP contribution in [0.1, 0.15) is 27.0 Å². The highest BCUT2D eigenvalue weighted by Gasteiger charge is 2.59. The van der Waals surface area contributed by atoms with E-state index in [2.05, 4.69) is 0 Å². The van der Waals surface area contributed by atoms with Crippen molar-refractivity contribution >= 4 is 40.9 Å². The molecule has 0 N–H and O–H groups in total. The minimum absolute atomic E-state index is 0.226. The Morgan fingerprint density at radius 3 is 2.66 bits per heavy atom. The Bertz CT molecular complexity index is 1250. The molecular weight excluding hydrogens is 447 g/mol. The molecule has 2 amide bonds. The Morgan fingerprint density at radius 1 is 1.12 bits per heavy atom. The number of aryl methyl sites for hydroxylation is 1. The second-order valence-electron chi connectivity index (χ2n) is 7.91. The Morgan fingerprint density at radius 2 is 1.88 bits per heavy atom. The average molecular weight is 467 g/mol. The van der Waals surface area contributed by atoms with E-state index in [1.54, 1.807) is 28.0 Å². The number of carbonyl (C=O) groups is 2. The summed E-state index contributed by atoms with van der Waals surface area (Å²) >= 11 is 7.74. The second-order valence-corrected chi connectivity index (χ2v) is 9.60. The van der Waals surface area contributed by atoms with Crippen LogP contribution in [-0.2, 0) is 16.2 Å². The molecule has 1 spiro atoms. The monoisotopic (exact) mass is 466 g/mol. The van der Waals surface area contributed by atoms with Crippen molar-refractivity contribution in [3.8, 4) is 0 Å². The summed E-state index contributed by atoms with van der Waals surface area (Å²) in [5, 5.41) is 0.553. The van der Waals surface area contributed by atoms with Crippen LogP contribution in [0.25, 0.3) is 0 Å². The molecule has 0 unspecified atom stereocenters. The number of nitrogens with zero attached hydrogens (tertiary/aromatic N) is 2. The van der Waals surface area contributed by atoms with Gasteiger partial charge >= 0.3 is 0 Å². The molecule has 1 atom stereocenters. The summed E-state index contributed by atoms with van der Waals surface area (Å²) in [4.78, 5) is 29.5. The van der Waals surface area contributed by atoms with Gasteiger partial charge in [-0.3, -0.25) is 9.59 Å². The molecule has 0 aliphatic carbocycles. The SMILES string of the molecule is Cc1ccccc1C(=O)N1CCS[C@]12C(=O)N(Cc1ccccc1Cl)c1ccc(F)cc12. The summed E-state index contributed by atoms with van der Waals surface area (Å²) in [5.74, 6) is -0.329. The fourth-order valence-corrected chi connectivity index (χ4v) is 6.15. The van der Waals surface area contributed by atoms with Gasteiger partial charge in [-0.05, 0) is 48.4 Å². The van der Waals surface area contributed by atoms with Gasteiger partial charge in [-0.2, -0.15) is 0 Å². The normalized spacial score (nSPS) is 19.7. The van der Waals surface area contributed by atoms with Crippen LogP contribution in [0.2, 0.25) is 5.02 Å². The maximum atomic E-state index is 14.4. The molecule has 2 heterocycles. The first-order valence-electron chi connectivity index (χ1n) is 10.3. The number of carbonyl (C=O) groups excluding carboxylic acids is 2. The van der Waals surface area contributed by atoms with Crippen LogP contribution in [0, 0.1) is 12.7 Å². The van der Waals surface area contributed by atoms with E-state index in [4.69, 9.17) is 11.6 Å². The lowest BCUT2D eigenvalue weighted by atomic mass is 10.0. The molecule has 1 saturated heterocycles. The molecule has 3 aromatic rings. The number of amides is 2. The van der Waals surface area contributed by atoms with Crippen molar-refractivity contribution in [1.29, 1.82) is 0 Å². The molecule has 3 aromatic carbocycles. The molecule has 0 radical (unpaired) electrons. The number of hydrogen-bond acceptors (Lipinski definition) is 3. The minimum atomic E-state index is -1.29. The molecule has 2 aliphatic heterocycles. The number of halogens is 2. The first kappa shape index (κ1) is 21.0. The highest BCUT2D eigenvalue weighted by atomic mass is 35.5. The number of benzene rings is 3. The third kappa shape index (κ3) is 3.12. The molecule has 162 valence electrons. The quantitative estimate of drug-likeness (QED) is 0.520. The van der Waals surface area contributed by atoms with Crippen molar-refractivity contribution < 1.29 is 14.0 Å². The van der Waals surface area contributed by atoms with Gasteiger partial charge < -0.3 is 9.80 Å². The summed E-state index contributed by atoms with van der Waals surface area (Å²) in [7, 11) is 0. The molecule has 0 saturated carbocycles. The lowest BCUT2D eigenvalue weighted by Crippen LogP contribution is -2.50. The molecule has 1 fully saturated rings. The number of hydrogen-bond donors (Lipinski definition) is 0. The Kier molecular flexibility index (Phi) is 5.22. The first-order chi connectivity index (χ1) is 15.4. The van der Waals surface area contributed by atoms with Crippen molar-refractivity contribution in [2.75, 3.05) is 17.2 Å². The maximum Gasteiger partial charge on any atom is 0.268 e. The molecule has 4 nitrogen and oxygen atoms in total. The van der Waals surface area contributed by atoms with Gasteiger partial charge in [0.1, 0.15) is 5.82 Å². The van der Waals surface area contributed by atoms with E-state index in [-0.39, 0.29) is 18.4 Å². The van der Waals surface area contributed by atoms with Crippen LogP contribution in [0.4, 0.5) is 10.1 Å². The van der Waals surface area contributed by atoms with Crippen LogP contribution in [0.3, 0.4) is 0 Å².